The van der Waals surface area contributed by atoms with Gasteiger partial charge in [0.1, 0.15) is 0 Å². The fraction of sp³-hybridized carbons (Fsp3) is 0.938. The van der Waals surface area contributed by atoms with Gasteiger partial charge in [0.15, 0.2) is 0 Å². The van der Waals surface area contributed by atoms with E-state index in [4.69, 9.17) is 0 Å². The Morgan fingerprint density at radius 2 is 1.32 bits per heavy atom. The van der Waals surface area contributed by atoms with Crippen molar-refractivity contribution in [3.8, 4) is 0 Å². The Labute approximate surface area is 118 Å². The zero-order valence-corrected chi connectivity index (χ0v) is 13.1. The topological polar surface area (TPSA) is 23.6 Å². The highest BCUT2D eigenvalue weighted by Gasteiger charge is 2.39. The first-order valence-electron chi connectivity index (χ1n) is 7.95. The Hall–Kier alpha value is -0.570. The highest BCUT2D eigenvalue weighted by Crippen LogP contribution is 2.27. The zero-order chi connectivity index (χ0) is 14.0. The molecule has 0 spiro atoms. The van der Waals surface area contributed by atoms with Crippen LogP contribution in [0.5, 0.6) is 0 Å². The number of rotatable bonds is 2. The molecular formula is C16H30N2O. The lowest BCUT2D eigenvalue weighted by molar-refractivity contribution is -0.145. The van der Waals surface area contributed by atoms with E-state index >= 15 is 0 Å². The van der Waals surface area contributed by atoms with Crippen LogP contribution < -0.4 is 0 Å². The van der Waals surface area contributed by atoms with Gasteiger partial charge in [-0.1, -0.05) is 13.8 Å². The van der Waals surface area contributed by atoms with E-state index in [1.54, 1.807) is 0 Å². The van der Waals surface area contributed by atoms with Crippen LogP contribution >= 0.6 is 0 Å². The molecule has 0 aliphatic carbocycles. The monoisotopic (exact) mass is 266 g/mol. The lowest BCUT2D eigenvalue weighted by atomic mass is 9.91. The van der Waals surface area contributed by atoms with Crippen molar-refractivity contribution in [1.82, 2.24) is 9.80 Å². The molecule has 2 aliphatic heterocycles. The first kappa shape index (κ1) is 14.8. The predicted octanol–water partition coefficient (Wildman–Crippen LogP) is 2.76. The standard InChI is InChI=1S/C16H30N2O/c1-13-5-9-17(10-6-13)15(19)16(3,4)18-11-7-14(2)8-12-18/h13-14H,5-12H2,1-4H3. The molecule has 110 valence electrons. The number of hydrogen-bond acceptors (Lipinski definition) is 2. The van der Waals surface area contributed by atoms with Gasteiger partial charge >= 0.3 is 0 Å². The summed E-state index contributed by atoms with van der Waals surface area (Å²) in [6.07, 6.45) is 4.79. The first-order chi connectivity index (χ1) is 8.91. The third-order valence-corrected chi connectivity index (χ3v) is 5.17. The summed E-state index contributed by atoms with van der Waals surface area (Å²) >= 11 is 0. The maximum absolute atomic E-state index is 12.8. The van der Waals surface area contributed by atoms with E-state index in [2.05, 4.69) is 37.5 Å². The van der Waals surface area contributed by atoms with E-state index in [1.807, 2.05) is 0 Å². The summed E-state index contributed by atoms with van der Waals surface area (Å²) in [7, 11) is 0. The van der Waals surface area contributed by atoms with Gasteiger partial charge in [-0.3, -0.25) is 9.69 Å². The Morgan fingerprint density at radius 1 is 0.895 bits per heavy atom. The minimum Gasteiger partial charge on any atom is -0.341 e. The van der Waals surface area contributed by atoms with Gasteiger partial charge in [0.05, 0.1) is 5.54 Å². The smallest absolute Gasteiger partial charge is 0.242 e. The van der Waals surface area contributed by atoms with Crippen LogP contribution in [0.25, 0.3) is 0 Å². The Bertz CT molecular complexity index is 311. The summed E-state index contributed by atoms with van der Waals surface area (Å²) < 4.78 is 0. The molecule has 0 atom stereocenters. The number of hydrogen-bond donors (Lipinski definition) is 0. The largest absolute Gasteiger partial charge is 0.341 e. The summed E-state index contributed by atoms with van der Waals surface area (Å²) in [5.41, 5.74) is -0.319. The van der Waals surface area contributed by atoms with E-state index in [0.717, 1.165) is 38.0 Å². The van der Waals surface area contributed by atoms with Crippen LogP contribution in [0.2, 0.25) is 0 Å². The number of amides is 1. The molecule has 19 heavy (non-hydrogen) atoms. The number of carbonyl (C=O) groups is 1. The summed E-state index contributed by atoms with van der Waals surface area (Å²) in [6.45, 7) is 12.9. The summed E-state index contributed by atoms with van der Waals surface area (Å²) in [6, 6.07) is 0. The Kier molecular flexibility index (Phi) is 4.54. The van der Waals surface area contributed by atoms with Gasteiger partial charge < -0.3 is 4.90 Å². The molecule has 2 rings (SSSR count). The molecule has 0 aromatic heterocycles. The van der Waals surface area contributed by atoms with Crippen LogP contribution in [0.1, 0.15) is 53.4 Å². The van der Waals surface area contributed by atoms with Crippen LogP contribution in [0.15, 0.2) is 0 Å². The van der Waals surface area contributed by atoms with Crippen molar-refractivity contribution in [2.24, 2.45) is 11.8 Å². The minimum atomic E-state index is -0.319. The summed E-state index contributed by atoms with van der Waals surface area (Å²) in [5.74, 6) is 1.94. The maximum atomic E-state index is 12.8. The number of nitrogens with zero attached hydrogens (tertiary/aromatic N) is 2. The second-order valence-electron chi connectivity index (χ2n) is 7.20. The molecule has 2 heterocycles. The van der Waals surface area contributed by atoms with Crippen molar-refractivity contribution >= 4 is 5.91 Å². The fourth-order valence-corrected chi connectivity index (χ4v) is 3.30. The van der Waals surface area contributed by atoms with Crippen LogP contribution in [-0.2, 0) is 4.79 Å². The molecule has 2 aliphatic rings. The molecule has 2 saturated heterocycles. The van der Waals surface area contributed by atoms with Crippen molar-refractivity contribution in [3.63, 3.8) is 0 Å². The normalized spacial score (nSPS) is 24.7. The van der Waals surface area contributed by atoms with Crippen molar-refractivity contribution in [2.75, 3.05) is 26.2 Å². The quantitative estimate of drug-likeness (QED) is 0.767. The molecule has 0 aromatic carbocycles. The van der Waals surface area contributed by atoms with Gasteiger partial charge in [0, 0.05) is 13.1 Å². The lowest BCUT2D eigenvalue weighted by Crippen LogP contribution is -2.58. The third-order valence-electron chi connectivity index (χ3n) is 5.17. The van der Waals surface area contributed by atoms with Crippen LogP contribution in [0.3, 0.4) is 0 Å². The average Bonchev–Trinajstić information content (AvgIpc) is 2.39. The highest BCUT2D eigenvalue weighted by molar-refractivity contribution is 5.85. The molecule has 0 bridgehead atoms. The molecule has 0 radical (unpaired) electrons. The maximum Gasteiger partial charge on any atom is 0.242 e. The molecule has 1 amide bonds. The number of piperidine rings is 2. The van der Waals surface area contributed by atoms with E-state index in [-0.39, 0.29) is 5.54 Å². The molecule has 3 heteroatoms. The number of carbonyl (C=O) groups excluding carboxylic acids is 1. The van der Waals surface area contributed by atoms with Gasteiger partial charge in [-0.05, 0) is 64.5 Å². The van der Waals surface area contributed by atoms with Gasteiger partial charge in [-0.2, -0.15) is 0 Å². The van der Waals surface area contributed by atoms with Crippen LogP contribution in [-0.4, -0.2) is 47.4 Å². The molecule has 0 saturated carbocycles. The Morgan fingerprint density at radius 3 is 1.79 bits per heavy atom. The van der Waals surface area contributed by atoms with E-state index in [0.29, 0.717) is 5.91 Å². The molecular weight excluding hydrogens is 236 g/mol. The third kappa shape index (κ3) is 3.31. The summed E-state index contributed by atoms with van der Waals surface area (Å²) in [5, 5.41) is 0. The van der Waals surface area contributed by atoms with Gasteiger partial charge in [-0.25, -0.2) is 0 Å². The van der Waals surface area contributed by atoms with Crippen molar-refractivity contribution in [2.45, 2.75) is 58.9 Å². The summed E-state index contributed by atoms with van der Waals surface area (Å²) in [4.78, 5) is 17.3. The second-order valence-corrected chi connectivity index (χ2v) is 7.20. The Balaban J connectivity index is 1.96. The number of likely N-dealkylation sites (tertiary alicyclic amines) is 2. The van der Waals surface area contributed by atoms with E-state index in [9.17, 15) is 4.79 Å². The molecule has 0 N–H and O–H groups in total. The molecule has 0 aromatic rings. The second kappa shape index (κ2) is 5.82. The minimum absolute atomic E-state index is 0.319. The van der Waals surface area contributed by atoms with E-state index in [1.165, 1.54) is 25.7 Å². The predicted molar refractivity (Wildman–Crippen MR) is 79.0 cm³/mol. The van der Waals surface area contributed by atoms with Gasteiger partial charge in [-0.15, -0.1) is 0 Å². The van der Waals surface area contributed by atoms with Crippen molar-refractivity contribution in [3.05, 3.63) is 0 Å². The molecule has 2 fully saturated rings. The zero-order valence-electron chi connectivity index (χ0n) is 13.1. The van der Waals surface area contributed by atoms with Crippen LogP contribution in [0, 0.1) is 11.8 Å². The van der Waals surface area contributed by atoms with Crippen LogP contribution in [0.4, 0.5) is 0 Å². The first-order valence-corrected chi connectivity index (χ1v) is 7.95. The average molecular weight is 266 g/mol. The van der Waals surface area contributed by atoms with E-state index < -0.39 is 0 Å². The van der Waals surface area contributed by atoms with Crippen molar-refractivity contribution < 1.29 is 4.79 Å². The SMILES string of the molecule is CC1CCN(C(=O)C(C)(C)N2CCC(C)CC2)CC1. The highest BCUT2D eigenvalue weighted by atomic mass is 16.2. The van der Waals surface area contributed by atoms with Crippen molar-refractivity contribution in [1.29, 1.82) is 0 Å². The fourth-order valence-electron chi connectivity index (χ4n) is 3.30. The molecule has 3 nitrogen and oxygen atoms in total. The van der Waals surface area contributed by atoms with Gasteiger partial charge in [0.25, 0.3) is 0 Å². The van der Waals surface area contributed by atoms with Gasteiger partial charge in [0.2, 0.25) is 5.91 Å². The lowest BCUT2D eigenvalue weighted by Gasteiger charge is -2.44. The molecule has 0 unspecified atom stereocenters.